The lowest BCUT2D eigenvalue weighted by Crippen LogP contribution is -2.63. The fourth-order valence-electron chi connectivity index (χ4n) is 3.48. The van der Waals surface area contributed by atoms with Crippen molar-refractivity contribution in [3.8, 4) is 0 Å². The van der Waals surface area contributed by atoms with E-state index in [9.17, 15) is 19.5 Å². The highest BCUT2D eigenvalue weighted by atomic mass is 16.4. The van der Waals surface area contributed by atoms with Crippen LogP contribution in [0.4, 0.5) is 0 Å². The van der Waals surface area contributed by atoms with Gasteiger partial charge in [-0.2, -0.15) is 0 Å². The van der Waals surface area contributed by atoms with Crippen molar-refractivity contribution in [1.82, 2.24) is 9.80 Å². The Bertz CT molecular complexity index is 675. The number of nitrogens with two attached hydrogens (primary N) is 1. The maximum atomic E-state index is 12.7. The molecule has 2 amide bonds. The van der Waals surface area contributed by atoms with Crippen molar-refractivity contribution in [2.75, 3.05) is 13.1 Å². The molecule has 1 heterocycles. The predicted molar refractivity (Wildman–Crippen MR) is 102 cm³/mol. The van der Waals surface area contributed by atoms with Gasteiger partial charge in [-0.15, -0.1) is 0 Å². The van der Waals surface area contributed by atoms with Gasteiger partial charge in [0.15, 0.2) is 0 Å². The molecule has 7 nitrogen and oxygen atoms in total. The average Bonchev–Trinajstić information content (AvgIpc) is 2.61. The summed E-state index contributed by atoms with van der Waals surface area (Å²) in [4.78, 5) is 39.9. The Labute approximate surface area is 160 Å². The van der Waals surface area contributed by atoms with E-state index in [0.717, 1.165) is 5.56 Å². The summed E-state index contributed by atoms with van der Waals surface area (Å²) in [6.07, 6.45) is 0.914. The second-order valence-electron chi connectivity index (χ2n) is 7.63. The van der Waals surface area contributed by atoms with Crippen molar-refractivity contribution < 1.29 is 19.5 Å². The van der Waals surface area contributed by atoms with E-state index in [0.29, 0.717) is 12.8 Å². The SMILES string of the molecule is CC(C)C[C@H](C(=O)O)N1C[C@@H](Cc2ccccc2)N(C(=O)C(C)N)CC1=O. The van der Waals surface area contributed by atoms with Crippen molar-refractivity contribution in [2.45, 2.75) is 51.7 Å². The zero-order valence-corrected chi connectivity index (χ0v) is 16.2. The molecule has 1 saturated heterocycles. The lowest BCUT2D eigenvalue weighted by atomic mass is 9.97. The molecular weight excluding hydrogens is 346 g/mol. The standard InChI is InChI=1S/C20H29N3O4/c1-13(2)9-17(20(26)27)23-11-16(10-15-7-5-4-6-8-15)22(12-18(23)24)19(25)14(3)21/h4-8,13-14,16-17H,9-12,21H2,1-3H3,(H,26,27)/t14?,16-,17-/m1/s1. The van der Waals surface area contributed by atoms with Crippen LogP contribution in [-0.2, 0) is 20.8 Å². The Kier molecular flexibility index (Phi) is 6.96. The molecule has 1 aromatic carbocycles. The third-order valence-corrected chi connectivity index (χ3v) is 4.82. The van der Waals surface area contributed by atoms with Crippen molar-refractivity contribution in [3.05, 3.63) is 35.9 Å². The summed E-state index contributed by atoms with van der Waals surface area (Å²) < 4.78 is 0. The van der Waals surface area contributed by atoms with Crippen molar-refractivity contribution >= 4 is 17.8 Å². The number of nitrogens with zero attached hydrogens (tertiary/aromatic N) is 2. The Morgan fingerprint density at radius 2 is 1.85 bits per heavy atom. The monoisotopic (exact) mass is 375 g/mol. The van der Waals surface area contributed by atoms with Crippen molar-refractivity contribution in [1.29, 1.82) is 0 Å². The summed E-state index contributed by atoms with van der Waals surface area (Å²) in [7, 11) is 0. The highest BCUT2D eigenvalue weighted by Crippen LogP contribution is 2.22. The molecule has 7 heteroatoms. The van der Waals surface area contributed by atoms with E-state index >= 15 is 0 Å². The fraction of sp³-hybridized carbons (Fsp3) is 0.550. The fourth-order valence-corrected chi connectivity index (χ4v) is 3.48. The number of carboxylic acid groups (broad SMARTS) is 1. The molecule has 148 valence electrons. The van der Waals surface area contributed by atoms with Gasteiger partial charge in [-0.1, -0.05) is 44.2 Å². The highest BCUT2D eigenvalue weighted by molar-refractivity contribution is 5.91. The van der Waals surface area contributed by atoms with Crippen LogP contribution < -0.4 is 5.73 Å². The minimum Gasteiger partial charge on any atom is -0.480 e. The molecule has 0 aromatic heterocycles. The van der Waals surface area contributed by atoms with Crippen LogP contribution in [0, 0.1) is 5.92 Å². The molecule has 0 radical (unpaired) electrons. The number of benzene rings is 1. The molecule has 0 saturated carbocycles. The number of hydrogen-bond acceptors (Lipinski definition) is 4. The van der Waals surface area contributed by atoms with Gasteiger partial charge in [-0.25, -0.2) is 4.79 Å². The molecule has 3 atom stereocenters. The van der Waals surface area contributed by atoms with E-state index in [1.807, 2.05) is 44.2 Å². The topological polar surface area (TPSA) is 104 Å². The Morgan fingerprint density at radius 1 is 1.22 bits per heavy atom. The summed E-state index contributed by atoms with van der Waals surface area (Å²) in [6, 6.07) is 7.74. The number of amides is 2. The number of hydrogen-bond donors (Lipinski definition) is 2. The van der Waals surface area contributed by atoms with Gasteiger partial charge in [-0.3, -0.25) is 9.59 Å². The van der Waals surface area contributed by atoms with Crippen LogP contribution in [-0.4, -0.2) is 63.9 Å². The Hall–Kier alpha value is -2.41. The first-order valence-electron chi connectivity index (χ1n) is 9.33. The minimum absolute atomic E-state index is 0.134. The molecule has 0 bridgehead atoms. The summed E-state index contributed by atoms with van der Waals surface area (Å²) in [5.74, 6) is -1.52. The van der Waals surface area contributed by atoms with Gasteiger partial charge in [0, 0.05) is 6.54 Å². The van der Waals surface area contributed by atoms with Crippen LogP contribution in [0.3, 0.4) is 0 Å². The number of rotatable bonds is 7. The molecule has 27 heavy (non-hydrogen) atoms. The van der Waals surface area contributed by atoms with Crippen molar-refractivity contribution in [2.24, 2.45) is 11.7 Å². The molecule has 3 N–H and O–H groups in total. The second kappa shape index (κ2) is 8.99. The molecule has 2 rings (SSSR count). The molecule has 1 aromatic rings. The number of carbonyl (C=O) groups excluding carboxylic acids is 2. The van der Waals surface area contributed by atoms with Crippen LogP contribution in [0.5, 0.6) is 0 Å². The van der Waals surface area contributed by atoms with Gasteiger partial charge in [0.2, 0.25) is 11.8 Å². The highest BCUT2D eigenvalue weighted by Gasteiger charge is 2.40. The van der Waals surface area contributed by atoms with Gasteiger partial charge in [0.25, 0.3) is 0 Å². The second-order valence-corrected chi connectivity index (χ2v) is 7.63. The predicted octanol–water partition coefficient (Wildman–Crippen LogP) is 1.12. The largest absolute Gasteiger partial charge is 0.480 e. The summed E-state index contributed by atoms with van der Waals surface area (Å²) in [5, 5.41) is 9.64. The Balaban J connectivity index is 2.29. The maximum absolute atomic E-state index is 12.7. The molecule has 1 aliphatic heterocycles. The van der Waals surface area contributed by atoms with Crippen LogP contribution in [0.2, 0.25) is 0 Å². The van der Waals surface area contributed by atoms with Crippen LogP contribution in [0.25, 0.3) is 0 Å². The van der Waals surface area contributed by atoms with Crippen LogP contribution in [0.1, 0.15) is 32.8 Å². The van der Waals surface area contributed by atoms with Gasteiger partial charge in [-0.05, 0) is 31.2 Å². The number of carboxylic acids is 1. The van der Waals surface area contributed by atoms with Gasteiger partial charge in [0.1, 0.15) is 12.6 Å². The quantitative estimate of drug-likeness (QED) is 0.743. The van der Waals surface area contributed by atoms with Crippen LogP contribution in [0.15, 0.2) is 30.3 Å². The maximum Gasteiger partial charge on any atom is 0.326 e. The summed E-state index contributed by atoms with van der Waals surface area (Å²) >= 11 is 0. The minimum atomic E-state index is -1.01. The van der Waals surface area contributed by atoms with E-state index in [-0.39, 0.29) is 36.9 Å². The molecule has 1 unspecified atom stereocenters. The molecule has 1 aliphatic rings. The number of carbonyl (C=O) groups is 3. The first-order chi connectivity index (χ1) is 12.7. The third kappa shape index (κ3) is 5.29. The van der Waals surface area contributed by atoms with Crippen LogP contribution >= 0.6 is 0 Å². The number of aliphatic carboxylic acids is 1. The number of piperazine rings is 1. The summed E-state index contributed by atoms with van der Waals surface area (Å²) in [5.41, 5.74) is 6.79. The smallest absolute Gasteiger partial charge is 0.326 e. The molecule has 1 fully saturated rings. The zero-order valence-electron chi connectivity index (χ0n) is 16.2. The molecule has 0 aliphatic carbocycles. The first kappa shape index (κ1) is 20.9. The third-order valence-electron chi connectivity index (χ3n) is 4.82. The normalized spacial score (nSPS) is 19.9. The average molecular weight is 375 g/mol. The van der Waals surface area contributed by atoms with Gasteiger partial charge >= 0.3 is 5.97 Å². The van der Waals surface area contributed by atoms with E-state index in [1.165, 1.54) is 9.80 Å². The van der Waals surface area contributed by atoms with Gasteiger partial charge < -0.3 is 20.6 Å². The van der Waals surface area contributed by atoms with E-state index < -0.39 is 18.1 Å². The first-order valence-corrected chi connectivity index (χ1v) is 9.33. The molecule has 0 spiro atoms. The van der Waals surface area contributed by atoms with E-state index in [2.05, 4.69) is 0 Å². The van der Waals surface area contributed by atoms with E-state index in [4.69, 9.17) is 5.73 Å². The Morgan fingerprint density at radius 3 is 2.37 bits per heavy atom. The summed E-state index contributed by atoms with van der Waals surface area (Å²) in [6.45, 7) is 5.50. The van der Waals surface area contributed by atoms with Crippen molar-refractivity contribution in [3.63, 3.8) is 0 Å². The van der Waals surface area contributed by atoms with E-state index in [1.54, 1.807) is 6.92 Å². The zero-order chi connectivity index (χ0) is 20.1. The lowest BCUT2D eigenvalue weighted by molar-refractivity contribution is -0.159. The van der Waals surface area contributed by atoms with Gasteiger partial charge in [0.05, 0.1) is 12.1 Å². The lowest BCUT2D eigenvalue weighted by Gasteiger charge is -2.44. The molecular formula is C20H29N3O4.